The first-order valence-corrected chi connectivity index (χ1v) is 8.77. The van der Waals surface area contributed by atoms with E-state index >= 15 is 0 Å². The lowest BCUT2D eigenvalue weighted by Crippen LogP contribution is -2.29. The number of nitrogens with zero attached hydrogens (tertiary/aromatic N) is 2. The Labute approximate surface area is 169 Å². The number of carbonyl (C=O) groups is 1. The van der Waals surface area contributed by atoms with Crippen LogP contribution in [0.5, 0.6) is 0 Å². The van der Waals surface area contributed by atoms with Gasteiger partial charge in [-0.2, -0.15) is 0 Å². The molecule has 1 amide bonds. The minimum atomic E-state index is -0.447. The number of terminal acetylenes is 1. The number of hydrogen-bond acceptors (Lipinski definition) is 5. The molecule has 150 valence electrons. The van der Waals surface area contributed by atoms with E-state index in [2.05, 4.69) is 21.5 Å². The van der Waals surface area contributed by atoms with Crippen molar-refractivity contribution in [1.82, 2.24) is 5.32 Å². The maximum atomic E-state index is 13.7. The van der Waals surface area contributed by atoms with Gasteiger partial charge in [0.15, 0.2) is 5.71 Å². The van der Waals surface area contributed by atoms with Gasteiger partial charge in [-0.25, -0.2) is 4.39 Å². The van der Waals surface area contributed by atoms with Gasteiger partial charge >= 0.3 is 0 Å². The molecule has 2 aromatic carbocycles. The molecule has 0 unspecified atom stereocenters. The van der Waals surface area contributed by atoms with Gasteiger partial charge in [0, 0.05) is 29.3 Å². The second kappa shape index (κ2) is 10.0. The Morgan fingerprint density at radius 3 is 2.69 bits per heavy atom. The molecular formula is C22H22FN3O3. The second-order valence-electron chi connectivity index (χ2n) is 6.13. The summed E-state index contributed by atoms with van der Waals surface area (Å²) >= 11 is 0. The summed E-state index contributed by atoms with van der Waals surface area (Å²) < 4.78 is 13.7. The van der Waals surface area contributed by atoms with Crippen LogP contribution in [0.2, 0.25) is 0 Å². The minimum Gasteiger partial charge on any atom is -0.398 e. The second-order valence-corrected chi connectivity index (χ2v) is 6.13. The van der Waals surface area contributed by atoms with E-state index in [0.29, 0.717) is 22.4 Å². The monoisotopic (exact) mass is 395 g/mol. The quantitative estimate of drug-likeness (QED) is 0.445. The lowest BCUT2D eigenvalue weighted by Gasteiger charge is -2.13. The van der Waals surface area contributed by atoms with E-state index < -0.39 is 5.82 Å². The first-order valence-electron chi connectivity index (χ1n) is 8.77. The van der Waals surface area contributed by atoms with Gasteiger partial charge in [-0.05, 0) is 37.6 Å². The predicted molar refractivity (Wildman–Crippen MR) is 110 cm³/mol. The van der Waals surface area contributed by atoms with Crippen LogP contribution in [0.3, 0.4) is 0 Å². The number of halogens is 1. The number of oxime groups is 2. The van der Waals surface area contributed by atoms with E-state index in [1.54, 1.807) is 19.1 Å². The molecule has 1 N–H and O–H groups in total. The zero-order valence-electron chi connectivity index (χ0n) is 16.7. The fraction of sp³-hybridized carbons (Fsp3) is 0.227. The molecule has 0 bridgehead atoms. The van der Waals surface area contributed by atoms with E-state index in [1.807, 2.05) is 19.1 Å². The van der Waals surface area contributed by atoms with Gasteiger partial charge in [-0.15, -0.1) is 6.42 Å². The summed E-state index contributed by atoms with van der Waals surface area (Å²) in [7, 11) is 2.88. The van der Waals surface area contributed by atoms with Gasteiger partial charge in [-0.3, -0.25) is 4.79 Å². The van der Waals surface area contributed by atoms with Gasteiger partial charge in [-0.1, -0.05) is 34.4 Å². The number of amides is 1. The van der Waals surface area contributed by atoms with Gasteiger partial charge in [0.2, 0.25) is 0 Å². The summed E-state index contributed by atoms with van der Waals surface area (Å²) in [6, 6.07) is 9.70. The summed E-state index contributed by atoms with van der Waals surface area (Å²) in [6.45, 7) is 3.66. The van der Waals surface area contributed by atoms with Crippen molar-refractivity contribution in [3.63, 3.8) is 0 Å². The van der Waals surface area contributed by atoms with Crippen molar-refractivity contribution in [2.24, 2.45) is 10.3 Å². The van der Waals surface area contributed by atoms with Crippen molar-refractivity contribution in [3.05, 3.63) is 70.0 Å². The van der Waals surface area contributed by atoms with Crippen LogP contribution in [0, 0.1) is 25.1 Å². The molecule has 0 aliphatic heterocycles. The van der Waals surface area contributed by atoms with Gasteiger partial charge in [0.1, 0.15) is 19.5 Å². The van der Waals surface area contributed by atoms with Crippen LogP contribution in [0.15, 0.2) is 46.7 Å². The summed E-state index contributed by atoms with van der Waals surface area (Å²) in [4.78, 5) is 22.5. The minimum absolute atomic E-state index is 0.0797. The normalized spacial score (nSPS) is 11.6. The molecule has 7 heteroatoms. The molecule has 0 heterocycles. The van der Waals surface area contributed by atoms with Crippen molar-refractivity contribution in [3.8, 4) is 12.3 Å². The fourth-order valence-electron chi connectivity index (χ4n) is 2.67. The van der Waals surface area contributed by atoms with E-state index in [-0.39, 0.29) is 18.2 Å². The third-order valence-electron chi connectivity index (χ3n) is 4.18. The van der Waals surface area contributed by atoms with E-state index in [4.69, 9.17) is 16.1 Å². The topological polar surface area (TPSA) is 72.3 Å². The van der Waals surface area contributed by atoms with Crippen molar-refractivity contribution in [2.45, 2.75) is 20.5 Å². The number of hydrogen-bond donors (Lipinski definition) is 1. The van der Waals surface area contributed by atoms with Crippen LogP contribution >= 0.6 is 0 Å². The van der Waals surface area contributed by atoms with E-state index in [0.717, 1.165) is 11.1 Å². The zero-order valence-corrected chi connectivity index (χ0v) is 16.7. The van der Waals surface area contributed by atoms with Gasteiger partial charge in [0.25, 0.3) is 5.91 Å². The molecule has 0 saturated heterocycles. The van der Waals surface area contributed by atoms with E-state index in [1.165, 1.54) is 26.3 Å². The Hall–Kier alpha value is -3.66. The molecule has 0 fully saturated rings. The molecule has 0 radical (unpaired) electrons. The number of rotatable bonds is 7. The van der Waals surface area contributed by atoms with Gasteiger partial charge in [0.05, 0.1) is 5.71 Å². The number of aryl methyl sites for hydroxylation is 1. The van der Waals surface area contributed by atoms with Gasteiger partial charge < -0.3 is 15.0 Å². The molecule has 0 aromatic heterocycles. The highest BCUT2D eigenvalue weighted by atomic mass is 19.1. The van der Waals surface area contributed by atoms with Crippen LogP contribution in [0.1, 0.15) is 34.7 Å². The predicted octanol–water partition coefficient (Wildman–Crippen LogP) is 3.15. The average molecular weight is 395 g/mol. The molecule has 0 atom stereocenters. The molecule has 2 aromatic rings. The van der Waals surface area contributed by atoms with Crippen molar-refractivity contribution < 1.29 is 18.9 Å². The molecule has 29 heavy (non-hydrogen) atoms. The number of benzene rings is 2. The third kappa shape index (κ3) is 5.42. The maximum absolute atomic E-state index is 13.7. The van der Waals surface area contributed by atoms with Crippen LogP contribution in [-0.2, 0) is 21.1 Å². The Balaban J connectivity index is 2.30. The Kier molecular flexibility index (Phi) is 7.49. The van der Waals surface area contributed by atoms with Crippen molar-refractivity contribution in [1.29, 1.82) is 0 Å². The van der Waals surface area contributed by atoms with Crippen molar-refractivity contribution >= 4 is 17.3 Å². The zero-order chi connectivity index (χ0) is 21.4. The highest BCUT2D eigenvalue weighted by Gasteiger charge is 2.19. The molecule has 6 nitrogen and oxygen atoms in total. The lowest BCUT2D eigenvalue weighted by molar-refractivity contribution is -0.114. The number of likely N-dealkylation sites (N-methyl/N-ethyl adjacent to an activating group) is 1. The Bertz CT molecular complexity index is 1010. The molecule has 0 aliphatic carbocycles. The molecule has 0 aliphatic rings. The molecule has 2 rings (SSSR count). The Morgan fingerprint density at radius 1 is 1.28 bits per heavy atom. The SMILES string of the molecule is C#Cc1cc(F)cc(/C(C)=N/OCc2c(C)cccc2/C(=N\OC)C(=O)NC)c1. The van der Waals surface area contributed by atoms with Crippen LogP contribution < -0.4 is 5.32 Å². The third-order valence-corrected chi connectivity index (χ3v) is 4.18. The summed E-state index contributed by atoms with van der Waals surface area (Å²) in [6.07, 6.45) is 5.34. The van der Waals surface area contributed by atoms with Crippen LogP contribution in [0.4, 0.5) is 4.39 Å². The summed E-state index contributed by atoms with van der Waals surface area (Å²) in [5.41, 5.74) is 3.72. The lowest BCUT2D eigenvalue weighted by atomic mass is 9.98. The van der Waals surface area contributed by atoms with Crippen molar-refractivity contribution in [2.75, 3.05) is 14.2 Å². The summed E-state index contributed by atoms with van der Waals surface area (Å²) in [5, 5.41) is 10.4. The highest BCUT2D eigenvalue weighted by molar-refractivity contribution is 6.45. The first-order chi connectivity index (χ1) is 13.9. The first kappa shape index (κ1) is 21.6. The van der Waals surface area contributed by atoms with E-state index in [9.17, 15) is 9.18 Å². The molecule has 0 spiro atoms. The largest absolute Gasteiger partial charge is 0.398 e. The fourth-order valence-corrected chi connectivity index (χ4v) is 2.67. The Morgan fingerprint density at radius 2 is 2.03 bits per heavy atom. The average Bonchev–Trinajstić information content (AvgIpc) is 2.72. The molecular weight excluding hydrogens is 373 g/mol. The maximum Gasteiger partial charge on any atom is 0.273 e. The molecule has 0 saturated carbocycles. The standard InChI is InChI=1S/C22H22FN3O3/c1-6-16-10-17(12-18(23)11-16)15(3)25-29-13-20-14(2)8-7-9-19(20)21(26-28-5)22(27)24-4/h1,7-12H,13H2,2-5H3,(H,24,27)/b25-15+,26-21+. The summed E-state index contributed by atoms with van der Waals surface area (Å²) in [5.74, 6) is 1.57. The van der Waals surface area contributed by atoms with Crippen LogP contribution in [0.25, 0.3) is 0 Å². The number of carbonyl (C=O) groups excluding carboxylic acids is 1. The van der Waals surface area contributed by atoms with Crippen LogP contribution in [-0.4, -0.2) is 31.5 Å². The number of nitrogens with one attached hydrogen (secondary N) is 1. The smallest absolute Gasteiger partial charge is 0.273 e. The highest BCUT2D eigenvalue weighted by Crippen LogP contribution is 2.18.